The van der Waals surface area contributed by atoms with Crippen LogP contribution in [-0.4, -0.2) is 41.4 Å². The molecule has 2 unspecified atom stereocenters. The number of carbonyl (C=O) groups excluding carboxylic acids is 1. The van der Waals surface area contributed by atoms with E-state index < -0.39 is 0 Å². The zero-order valence-corrected chi connectivity index (χ0v) is 12.0. The van der Waals surface area contributed by atoms with Gasteiger partial charge in [0, 0.05) is 30.9 Å². The molecule has 0 aromatic heterocycles. The van der Waals surface area contributed by atoms with Crippen molar-refractivity contribution in [1.29, 1.82) is 0 Å². The molecule has 0 aliphatic carbocycles. The Bertz CT molecular complexity index is 254. The zero-order valence-electron chi connectivity index (χ0n) is 10.4. The smallest absolute Gasteiger partial charge is 0.222 e. The van der Waals surface area contributed by atoms with Crippen molar-refractivity contribution < 1.29 is 9.53 Å². The molecule has 17 heavy (non-hydrogen) atoms. The average molecular weight is 304 g/mol. The van der Waals surface area contributed by atoms with Gasteiger partial charge in [0.1, 0.15) is 0 Å². The van der Waals surface area contributed by atoms with E-state index in [4.69, 9.17) is 4.74 Å². The topological polar surface area (TPSA) is 29.5 Å². The van der Waals surface area contributed by atoms with Gasteiger partial charge in [0.05, 0.1) is 6.10 Å². The Hall–Kier alpha value is -0.0900. The van der Waals surface area contributed by atoms with Crippen LogP contribution in [0.3, 0.4) is 0 Å². The van der Waals surface area contributed by atoms with E-state index >= 15 is 0 Å². The van der Waals surface area contributed by atoms with Gasteiger partial charge < -0.3 is 9.64 Å². The highest BCUT2D eigenvalue weighted by atomic mass is 79.9. The lowest BCUT2D eigenvalue weighted by atomic mass is 10.0. The Balaban J connectivity index is 1.69. The molecule has 1 amide bonds. The normalized spacial score (nSPS) is 30.3. The molecule has 2 saturated heterocycles. The first-order chi connectivity index (χ1) is 8.25. The maximum atomic E-state index is 12.0. The number of hydrogen-bond acceptors (Lipinski definition) is 2. The SMILES string of the molecule is O=C(CCC1CCCCO1)N1CCCC(Br)C1. The molecule has 0 bridgehead atoms. The van der Waals surface area contributed by atoms with Crippen LogP contribution in [0.1, 0.15) is 44.9 Å². The van der Waals surface area contributed by atoms with Crippen molar-refractivity contribution >= 4 is 21.8 Å². The summed E-state index contributed by atoms with van der Waals surface area (Å²) in [5, 5.41) is 0. The maximum absolute atomic E-state index is 12.0. The second-order valence-corrected chi connectivity index (χ2v) is 6.40. The molecule has 0 radical (unpaired) electrons. The summed E-state index contributed by atoms with van der Waals surface area (Å²) in [6, 6.07) is 0. The van der Waals surface area contributed by atoms with Crippen LogP contribution < -0.4 is 0 Å². The summed E-state index contributed by atoms with van der Waals surface area (Å²) in [6.45, 7) is 2.70. The van der Waals surface area contributed by atoms with Crippen molar-refractivity contribution in [3.8, 4) is 0 Å². The number of nitrogens with zero attached hydrogens (tertiary/aromatic N) is 1. The number of amides is 1. The molecule has 2 fully saturated rings. The van der Waals surface area contributed by atoms with Crippen molar-refractivity contribution in [3.63, 3.8) is 0 Å². The lowest BCUT2D eigenvalue weighted by molar-refractivity contribution is -0.133. The summed E-state index contributed by atoms with van der Waals surface area (Å²) < 4.78 is 5.66. The van der Waals surface area contributed by atoms with E-state index in [0.717, 1.165) is 39.0 Å². The van der Waals surface area contributed by atoms with E-state index in [1.807, 2.05) is 4.90 Å². The Labute approximate surface area is 112 Å². The van der Waals surface area contributed by atoms with Crippen LogP contribution >= 0.6 is 15.9 Å². The third-order valence-corrected chi connectivity index (χ3v) is 4.42. The lowest BCUT2D eigenvalue weighted by Gasteiger charge is -2.31. The number of ether oxygens (including phenoxy) is 1. The van der Waals surface area contributed by atoms with Gasteiger partial charge in [-0.3, -0.25) is 4.79 Å². The molecule has 0 aromatic carbocycles. The van der Waals surface area contributed by atoms with Crippen LogP contribution in [0.2, 0.25) is 0 Å². The summed E-state index contributed by atoms with van der Waals surface area (Å²) >= 11 is 3.61. The molecule has 4 heteroatoms. The molecule has 0 saturated carbocycles. The largest absolute Gasteiger partial charge is 0.378 e. The molecule has 0 spiro atoms. The number of likely N-dealkylation sites (tertiary alicyclic amines) is 1. The van der Waals surface area contributed by atoms with Gasteiger partial charge in [0.2, 0.25) is 5.91 Å². The lowest BCUT2D eigenvalue weighted by Crippen LogP contribution is -2.40. The van der Waals surface area contributed by atoms with Crippen LogP contribution in [0.25, 0.3) is 0 Å². The number of halogens is 1. The molecule has 3 nitrogen and oxygen atoms in total. The van der Waals surface area contributed by atoms with Crippen molar-refractivity contribution in [2.75, 3.05) is 19.7 Å². The van der Waals surface area contributed by atoms with E-state index in [9.17, 15) is 4.79 Å². The second-order valence-electron chi connectivity index (χ2n) is 5.11. The van der Waals surface area contributed by atoms with Gasteiger partial charge in [-0.15, -0.1) is 0 Å². The summed E-state index contributed by atoms with van der Waals surface area (Å²) in [7, 11) is 0. The summed E-state index contributed by atoms with van der Waals surface area (Å²) in [5.41, 5.74) is 0. The Morgan fingerprint density at radius 2 is 2.18 bits per heavy atom. The zero-order chi connectivity index (χ0) is 12.1. The quantitative estimate of drug-likeness (QED) is 0.750. The molecule has 0 N–H and O–H groups in total. The summed E-state index contributed by atoms with van der Waals surface area (Å²) in [4.78, 5) is 14.5. The first-order valence-electron chi connectivity index (χ1n) is 6.79. The number of alkyl halides is 1. The van der Waals surface area contributed by atoms with E-state index in [2.05, 4.69) is 15.9 Å². The minimum absolute atomic E-state index is 0.309. The highest BCUT2D eigenvalue weighted by Gasteiger charge is 2.23. The summed E-state index contributed by atoms with van der Waals surface area (Å²) in [6.07, 6.45) is 7.78. The first kappa shape index (κ1) is 13.3. The highest BCUT2D eigenvalue weighted by molar-refractivity contribution is 9.09. The molecular weight excluding hydrogens is 282 g/mol. The van der Waals surface area contributed by atoms with Crippen LogP contribution in [0.4, 0.5) is 0 Å². The third kappa shape index (κ3) is 4.25. The Morgan fingerprint density at radius 1 is 1.29 bits per heavy atom. The number of rotatable bonds is 3. The first-order valence-corrected chi connectivity index (χ1v) is 7.71. The van der Waals surface area contributed by atoms with Crippen molar-refractivity contribution in [1.82, 2.24) is 4.90 Å². The fourth-order valence-electron chi connectivity index (χ4n) is 2.63. The maximum Gasteiger partial charge on any atom is 0.222 e. The fraction of sp³-hybridized carbons (Fsp3) is 0.923. The molecule has 2 rings (SSSR count). The fourth-order valence-corrected chi connectivity index (χ4v) is 3.30. The second kappa shape index (κ2) is 6.74. The average Bonchev–Trinajstić information content (AvgIpc) is 2.37. The number of piperidine rings is 1. The van der Waals surface area contributed by atoms with Crippen LogP contribution in [0, 0.1) is 0 Å². The predicted octanol–water partition coefficient (Wildman–Crippen LogP) is 2.72. The molecular formula is C13H22BrNO2. The Kier molecular flexibility index (Phi) is 5.29. The molecule has 2 atom stereocenters. The van der Waals surface area contributed by atoms with Crippen LogP contribution in [0.15, 0.2) is 0 Å². The van der Waals surface area contributed by atoms with Gasteiger partial charge in [0.25, 0.3) is 0 Å². The van der Waals surface area contributed by atoms with E-state index in [1.165, 1.54) is 19.3 Å². The van der Waals surface area contributed by atoms with Crippen LogP contribution in [-0.2, 0) is 9.53 Å². The Morgan fingerprint density at radius 3 is 2.88 bits per heavy atom. The molecule has 2 heterocycles. The summed E-state index contributed by atoms with van der Waals surface area (Å²) in [5.74, 6) is 0.309. The van der Waals surface area contributed by atoms with Crippen LogP contribution in [0.5, 0.6) is 0 Å². The van der Waals surface area contributed by atoms with Gasteiger partial charge in [-0.2, -0.15) is 0 Å². The minimum atomic E-state index is 0.309. The standard InChI is InChI=1S/C13H22BrNO2/c14-11-4-3-8-15(10-11)13(16)7-6-12-5-1-2-9-17-12/h11-12H,1-10H2. The highest BCUT2D eigenvalue weighted by Crippen LogP contribution is 2.20. The molecule has 2 aliphatic rings. The van der Waals surface area contributed by atoms with Gasteiger partial charge in [-0.05, 0) is 38.5 Å². The van der Waals surface area contributed by atoms with Gasteiger partial charge in [-0.1, -0.05) is 15.9 Å². The minimum Gasteiger partial charge on any atom is -0.378 e. The van der Waals surface area contributed by atoms with E-state index in [0.29, 0.717) is 23.3 Å². The molecule has 0 aromatic rings. The van der Waals surface area contributed by atoms with Crippen molar-refractivity contribution in [2.24, 2.45) is 0 Å². The van der Waals surface area contributed by atoms with Gasteiger partial charge in [-0.25, -0.2) is 0 Å². The van der Waals surface area contributed by atoms with E-state index in [-0.39, 0.29) is 0 Å². The van der Waals surface area contributed by atoms with Gasteiger partial charge in [0.15, 0.2) is 0 Å². The van der Waals surface area contributed by atoms with Gasteiger partial charge >= 0.3 is 0 Å². The molecule has 98 valence electrons. The van der Waals surface area contributed by atoms with E-state index in [1.54, 1.807) is 0 Å². The number of carbonyl (C=O) groups is 1. The third-order valence-electron chi connectivity index (χ3n) is 3.67. The van der Waals surface area contributed by atoms with Crippen molar-refractivity contribution in [3.05, 3.63) is 0 Å². The molecule has 2 aliphatic heterocycles. The predicted molar refractivity (Wildman–Crippen MR) is 71.4 cm³/mol. The monoisotopic (exact) mass is 303 g/mol. The number of hydrogen-bond donors (Lipinski definition) is 0. The van der Waals surface area contributed by atoms with Crippen molar-refractivity contribution in [2.45, 2.75) is 55.9 Å².